The number of methoxy groups -OCH3 is 1. The third-order valence-electron chi connectivity index (χ3n) is 4.95. The van der Waals surface area contributed by atoms with Crippen LogP contribution >= 0.6 is 0 Å². The smallest absolute Gasteiger partial charge is 0.237 e. The van der Waals surface area contributed by atoms with E-state index in [1.807, 2.05) is 18.2 Å². The Morgan fingerprint density at radius 1 is 1.46 bits per heavy atom. The van der Waals surface area contributed by atoms with Crippen LogP contribution in [0.15, 0.2) is 24.3 Å². The molecule has 6 nitrogen and oxygen atoms in total. The molecule has 2 fully saturated rings. The Balaban J connectivity index is 1.67. The van der Waals surface area contributed by atoms with Crippen LogP contribution in [-0.4, -0.2) is 61.3 Å². The maximum absolute atomic E-state index is 12.3. The number of amides is 1. The van der Waals surface area contributed by atoms with Crippen LogP contribution in [0.3, 0.4) is 0 Å². The molecule has 0 radical (unpaired) electrons. The predicted octanol–water partition coefficient (Wildman–Crippen LogP) is 0.671. The van der Waals surface area contributed by atoms with E-state index in [-0.39, 0.29) is 18.0 Å². The molecule has 0 saturated carbocycles. The van der Waals surface area contributed by atoms with Crippen molar-refractivity contribution >= 4 is 5.91 Å². The minimum Gasteiger partial charge on any atom is -0.497 e. The van der Waals surface area contributed by atoms with Gasteiger partial charge in [0.05, 0.1) is 25.3 Å². The van der Waals surface area contributed by atoms with Crippen LogP contribution in [0.2, 0.25) is 0 Å². The number of carbonyl (C=O) groups is 1. The van der Waals surface area contributed by atoms with E-state index >= 15 is 0 Å². The van der Waals surface area contributed by atoms with Crippen molar-refractivity contribution in [3.05, 3.63) is 29.8 Å². The summed E-state index contributed by atoms with van der Waals surface area (Å²) in [5, 5.41) is 15.7. The first-order valence-electron chi connectivity index (χ1n) is 8.74. The Labute approximate surface area is 143 Å². The normalized spacial score (nSPS) is 25.6. The lowest BCUT2D eigenvalue weighted by Gasteiger charge is -2.29. The second-order valence-electron chi connectivity index (χ2n) is 6.63. The molecule has 2 aliphatic rings. The first kappa shape index (κ1) is 17.2. The van der Waals surface area contributed by atoms with E-state index in [0.717, 1.165) is 24.4 Å². The van der Waals surface area contributed by atoms with Crippen molar-refractivity contribution in [2.45, 2.75) is 37.5 Å². The minimum atomic E-state index is -0.423. The van der Waals surface area contributed by atoms with Gasteiger partial charge in [0.1, 0.15) is 5.75 Å². The van der Waals surface area contributed by atoms with E-state index in [9.17, 15) is 9.90 Å². The zero-order chi connectivity index (χ0) is 16.9. The Hall–Kier alpha value is -1.63. The number of β-amino-alcohol motifs (C(OH)–C–C–N with tert-alkyl or cyclic N) is 1. The number of ether oxygens (including phenoxy) is 1. The number of rotatable bonds is 6. The summed E-state index contributed by atoms with van der Waals surface area (Å²) in [7, 11) is 1.67. The van der Waals surface area contributed by atoms with E-state index < -0.39 is 6.10 Å². The van der Waals surface area contributed by atoms with Gasteiger partial charge in [0, 0.05) is 13.1 Å². The monoisotopic (exact) mass is 333 g/mol. The molecule has 1 aromatic rings. The number of aliphatic hydroxyl groups is 1. The molecule has 1 amide bonds. The highest BCUT2D eigenvalue weighted by Crippen LogP contribution is 2.27. The molecule has 3 atom stereocenters. The molecule has 6 heteroatoms. The van der Waals surface area contributed by atoms with Gasteiger partial charge in [-0.2, -0.15) is 0 Å². The maximum Gasteiger partial charge on any atom is 0.237 e. The zero-order valence-corrected chi connectivity index (χ0v) is 14.2. The summed E-state index contributed by atoms with van der Waals surface area (Å²) in [4.78, 5) is 14.8. The first-order chi connectivity index (χ1) is 11.7. The van der Waals surface area contributed by atoms with Crippen LogP contribution in [0.25, 0.3) is 0 Å². The molecule has 0 bridgehead atoms. The zero-order valence-electron chi connectivity index (χ0n) is 14.2. The van der Waals surface area contributed by atoms with E-state index in [1.54, 1.807) is 7.11 Å². The van der Waals surface area contributed by atoms with Gasteiger partial charge in [-0.1, -0.05) is 12.1 Å². The fraction of sp³-hybridized carbons (Fsp3) is 0.611. The Bertz CT molecular complexity index is 560. The molecule has 0 unspecified atom stereocenters. The lowest BCUT2D eigenvalue weighted by Crippen LogP contribution is -2.44. The van der Waals surface area contributed by atoms with Crippen molar-refractivity contribution in [2.24, 2.45) is 0 Å². The summed E-state index contributed by atoms with van der Waals surface area (Å²) in [6.45, 7) is 3.17. The van der Waals surface area contributed by atoms with Crippen molar-refractivity contribution in [1.29, 1.82) is 0 Å². The molecule has 2 heterocycles. The summed E-state index contributed by atoms with van der Waals surface area (Å²) >= 11 is 0. The SMILES string of the molecule is COc1cccc([C@H](CNC(=O)[C@H]2C[C@H](O)CN2)N2CCCC2)c1. The van der Waals surface area contributed by atoms with Crippen molar-refractivity contribution in [3.8, 4) is 5.75 Å². The van der Waals surface area contributed by atoms with Gasteiger partial charge in [0.25, 0.3) is 0 Å². The molecule has 24 heavy (non-hydrogen) atoms. The standard InChI is InChI=1S/C18H27N3O3/c1-24-15-6-4-5-13(9-15)17(21-7-2-3-8-21)12-20-18(23)16-10-14(22)11-19-16/h4-6,9,14,16-17,19,22H,2-3,7-8,10-12H2,1H3,(H,20,23)/t14-,16+,17-/m0/s1. The molecule has 132 valence electrons. The number of hydrogen-bond acceptors (Lipinski definition) is 5. The number of benzene rings is 1. The molecule has 3 rings (SSSR count). The van der Waals surface area contributed by atoms with Crippen LogP contribution in [0, 0.1) is 0 Å². The Kier molecular flexibility index (Phi) is 5.71. The lowest BCUT2D eigenvalue weighted by atomic mass is 10.0. The van der Waals surface area contributed by atoms with Crippen LogP contribution in [-0.2, 0) is 4.79 Å². The first-order valence-corrected chi connectivity index (χ1v) is 8.74. The maximum atomic E-state index is 12.3. The van der Waals surface area contributed by atoms with Crippen molar-refractivity contribution in [2.75, 3.05) is 33.3 Å². The number of nitrogens with zero attached hydrogens (tertiary/aromatic N) is 1. The van der Waals surface area contributed by atoms with Gasteiger partial charge in [-0.05, 0) is 50.0 Å². The summed E-state index contributed by atoms with van der Waals surface area (Å²) in [6.07, 6.45) is 2.46. The third-order valence-corrected chi connectivity index (χ3v) is 4.95. The quantitative estimate of drug-likeness (QED) is 0.714. The molecular formula is C18H27N3O3. The van der Waals surface area contributed by atoms with Crippen LogP contribution < -0.4 is 15.4 Å². The number of aliphatic hydroxyl groups excluding tert-OH is 1. The van der Waals surface area contributed by atoms with Gasteiger partial charge in [0.15, 0.2) is 0 Å². The van der Waals surface area contributed by atoms with Gasteiger partial charge in [-0.15, -0.1) is 0 Å². The van der Waals surface area contributed by atoms with Crippen LogP contribution in [0.5, 0.6) is 5.75 Å². The van der Waals surface area contributed by atoms with E-state index in [4.69, 9.17) is 4.74 Å². The molecular weight excluding hydrogens is 306 g/mol. The highest BCUT2D eigenvalue weighted by atomic mass is 16.5. The average molecular weight is 333 g/mol. The molecule has 2 aliphatic heterocycles. The van der Waals surface area contributed by atoms with Crippen molar-refractivity contribution in [3.63, 3.8) is 0 Å². The topological polar surface area (TPSA) is 73.8 Å². The molecule has 1 aromatic carbocycles. The van der Waals surface area contributed by atoms with Gasteiger partial charge in [-0.3, -0.25) is 9.69 Å². The fourth-order valence-corrected chi connectivity index (χ4v) is 3.60. The number of hydrogen-bond donors (Lipinski definition) is 3. The van der Waals surface area contributed by atoms with E-state index in [2.05, 4.69) is 21.6 Å². The van der Waals surface area contributed by atoms with Gasteiger partial charge < -0.3 is 20.5 Å². The molecule has 0 spiro atoms. The largest absolute Gasteiger partial charge is 0.497 e. The van der Waals surface area contributed by atoms with Crippen LogP contribution in [0.1, 0.15) is 30.9 Å². The van der Waals surface area contributed by atoms with E-state index in [0.29, 0.717) is 19.5 Å². The predicted molar refractivity (Wildman–Crippen MR) is 92.0 cm³/mol. The highest BCUT2D eigenvalue weighted by molar-refractivity contribution is 5.82. The highest BCUT2D eigenvalue weighted by Gasteiger charge is 2.29. The second kappa shape index (κ2) is 7.96. The molecule has 2 saturated heterocycles. The fourth-order valence-electron chi connectivity index (χ4n) is 3.60. The minimum absolute atomic E-state index is 0.0290. The van der Waals surface area contributed by atoms with E-state index in [1.165, 1.54) is 12.8 Å². The Morgan fingerprint density at radius 3 is 2.92 bits per heavy atom. The van der Waals surface area contributed by atoms with Gasteiger partial charge in [-0.25, -0.2) is 0 Å². The summed E-state index contributed by atoms with van der Waals surface area (Å²) < 4.78 is 5.34. The van der Waals surface area contributed by atoms with Crippen LogP contribution in [0.4, 0.5) is 0 Å². The lowest BCUT2D eigenvalue weighted by molar-refractivity contribution is -0.123. The second-order valence-corrected chi connectivity index (χ2v) is 6.63. The number of carbonyl (C=O) groups excluding carboxylic acids is 1. The van der Waals surface area contributed by atoms with Gasteiger partial charge >= 0.3 is 0 Å². The summed E-state index contributed by atoms with van der Waals surface area (Å²) in [5.74, 6) is 0.808. The van der Waals surface area contributed by atoms with Crippen molar-refractivity contribution < 1.29 is 14.6 Å². The van der Waals surface area contributed by atoms with Crippen molar-refractivity contribution in [1.82, 2.24) is 15.5 Å². The summed E-state index contributed by atoms with van der Waals surface area (Å²) in [5.41, 5.74) is 1.16. The number of nitrogens with one attached hydrogen (secondary N) is 2. The summed E-state index contributed by atoms with van der Waals surface area (Å²) in [6, 6.07) is 7.94. The third kappa shape index (κ3) is 4.06. The van der Waals surface area contributed by atoms with Gasteiger partial charge in [0.2, 0.25) is 5.91 Å². The molecule has 0 aromatic heterocycles. The average Bonchev–Trinajstić information content (AvgIpc) is 3.27. The molecule has 3 N–H and O–H groups in total. The number of likely N-dealkylation sites (tertiary alicyclic amines) is 1. The Morgan fingerprint density at radius 2 is 2.25 bits per heavy atom. The molecule has 0 aliphatic carbocycles.